The molecule has 0 atom stereocenters. The van der Waals surface area contributed by atoms with Crippen molar-refractivity contribution in [2.24, 2.45) is 0 Å². The van der Waals surface area contributed by atoms with Gasteiger partial charge >= 0.3 is 0 Å². The van der Waals surface area contributed by atoms with E-state index in [0.717, 1.165) is 36.0 Å². The Morgan fingerprint density at radius 2 is 1.32 bits per heavy atom. The molecule has 0 saturated heterocycles. The summed E-state index contributed by atoms with van der Waals surface area (Å²) < 4.78 is 0. The van der Waals surface area contributed by atoms with Crippen LogP contribution in [-0.4, -0.2) is 10.2 Å². The molecule has 0 aliphatic carbocycles. The minimum Gasteiger partial charge on any atom is -0.508 e. The summed E-state index contributed by atoms with van der Waals surface area (Å²) in [4.78, 5) is 0. The highest BCUT2D eigenvalue weighted by Crippen LogP contribution is 2.27. The Labute approximate surface area is 114 Å². The predicted octanol–water partition coefficient (Wildman–Crippen LogP) is 3.81. The molecule has 0 aromatic heterocycles. The molecule has 0 amide bonds. The molecule has 0 radical (unpaired) electrons. The second kappa shape index (κ2) is 5.79. The summed E-state index contributed by atoms with van der Waals surface area (Å²) in [7, 11) is 0. The van der Waals surface area contributed by atoms with E-state index in [1.165, 1.54) is 5.56 Å². The maximum Gasteiger partial charge on any atom is 0.121 e. The maximum atomic E-state index is 10.1. The van der Waals surface area contributed by atoms with Gasteiger partial charge in [0.2, 0.25) is 0 Å². The number of aromatic hydroxyl groups is 2. The van der Waals surface area contributed by atoms with Crippen molar-refractivity contribution in [1.29, 1.82) is 0 Å². The number of phenolic OH excluding ortho intramolecular Hbond substituents is 2. The fourth-order valence-corrected chi connectivity index (χ4v) is 2.32. The normalized spacial score (nSPS) is 10.6. The van der Waals surface area contributed by atoms with Crippen molar-refractivity contribution in [1.82, 2.24) is 0 Å². The fourth-order valence-electron chi connectivity index (χ4n) is 2.32. The van der Waals surface area contributed by atoms with E-state index in [1.807, 2.05) is 12.1 Å². The largest absolute Gasteiger partial charge is 0.508 e. The van der Waals surface area contributed by atoms with Gasteiger partial charge in [-0.2, -0.15) is 0 Å². The summed E-state index contributed by atoms with van der Waals surface area (Å²) in [6.45, 7) is 4.11. The lowest BCUT2D eigenvalue weighted by atomic mass is 9.96. The summed E-state index contributed by atoms with van der Waals surface area (Å²) >= 11 is 0. The molecule has 2 rings (SSSR count). The molecule has 2 nitrogen and oxygen atoms in total. The van der Waals surface area contributed by atoms with E-state index in [-0.39, 0.29) is 5.75 Å². The SMILES string of the molecule is CCc1cc(Cc2ccc(O)cc2)cc(CC)c1O. The lowest BCUT2D eigenvalue weighted by molar-refractivity contribution is 0.462. The number of hydrogen-bond donors (Lipinski definition) is 2. The van der Waals surface area contributed by atoms with Gasteiger partial charge in [-0.1, -0.05) is 38.1 Å². The van der Waals surface area contributed by atoms with Gasteiger partial charge in [-0.3, -0.25) is 0 Å². The lowest BCUT2D eigenvalue weighted by Gasteiger charge is -2.11. The Bertz CT molecular complexity index is 531. The highest BCUT2D eigenvalue weighted by atomic mass is 16.3. The second-order valence-corrected chi connectivity index (χ2v) is 4.81. The number of hydrogen-bond acceptors (Lipinski definition) is 2. The molecule has 2 N–H and O–H groups in total. The van der Waals surface area contributed by atoms with E-state index in [9.17, 15) is 10.2 Å². The maximum absolute atomic E-state index is 10.1. The number of aryl methyl sites for hydroxylation is 2. The van der Waals surface area contributed by atoms with Crippen LogP contribution in [0.25, 0.3) is 0 Å². The van der Waals surface area contributed by atoms with Gasteiger partial charge in [0.15, 0.2) is 0 Å². The molecule has 0 aliphatic rings. The van der Waals surface area contributed by atoms with Crippen LogP contribution in [0, 0.1) is 0 Å². The summed E-state index contributed by atoms with van der Waals surface area (Å²) in [6.07, 6.45) is 2.49. The minimum atomic E-state index is 0.290. The first-order chi connectivity index (χ1) is 9.13. The van der Waals surface area contributed by atoms with Crippen molar-refractivity contribution in [2.45, 2.75) is 33.1 Å². The van der Waals surface area contributed by atoms with Crippen LogP contribution >= 0.6 is 0 Å². The first-order valence-corrected chi connectivity index (χ1v) is 6.75. The Balaban J connectivity index is 2.32. The lowest BCUT2D eigenvalue weighted by Crippen LogP contribution is -1.95. The molecule has 2 heteroatoms. The molecule has 2 aromatic rings. The standard InChI is InChI=1S/C17H20O2/c1-3-14-10-13(11-15(4-2)17(14)19)9-12-5-7-16(18)8-6-12/h5-8,10-11,18-19H,3-4,9H2,1-2H3. The van der Waals surface area contributed by atoms with Crippen molar-refractivity contribution < 1.29 is 10.2 Å². The number of phenols is 2. The zero-order valence-corrected chi connectivity index (χ0v) is 11.5. The summed E-state index contributed by atoms with van der Waals surface area (Å²) in [5.74, 6) is 0.734. The van der Waals surface area contributed by atoms with Crippen LogP contribution in [0.1, 0.15) is 36.1 Å². The van der Waals surface area contributed by atoms with Crippen molar-refractivity contribution in [2.75, 3.05) is 0 Å². The van der Waals surface area contributed by atoms with E-state index >= 15 is 0 Å². The van der Waals surface area contributed by atoms with E-state index in [4.69, 9.17) is 0 Å². The Kier molecular flexibility index (Phi) is 4.10. The van der Waals surface area contributed by atoms with Gasteiger partial charge in [-0.15, -0.1) is 0 Å². The van der Waals surface area contributed by atoms with Crippen LogP contribution in [-0.2, 0) is 19.3 Å². The molecule has 0 aliphatic heterocycles. The van der Waals surface area contributed by atoms with Crippen LogP contribution in [0.15, 0.2) is 36.4 Å². The Morgan fingerprint density at radius 1 is 0.789 bits per heavy atom. The van der Waals surface area contributed by atoms with Gasteiger partial charge in [0.25, 0.3) is 0 Å². The Morgan fingerprint density at radius 3 is 1.79 bits per heavy atom. The molecule has 2 aromatic carbocycles. The van der Waals surface area contributed by atoms with Gasteiger partial charge in [-0.25, -0.2) is 0 Å². The summed E-state index contributed by atoms with van der Waals surface area (Å²) in [5.41, 5.74) is 4.38. The van der Waals surface area contributed by atoms with Crippen molar-refractivity contribution in [3.8, 4) is 11.5 Å². The first-order valence-electron chi connectivity index (χ1n) is 6.75. The average molecular weight is 256 g/mol. The molecule has 0 fully saturated rings. The topological polar surface area (TPSA) is 40.5 Å². The van der Waals surface area contributed by atoms with E-state index < -0.39 is 0 Å². The molecular weight excluding hydrogens is 236 g/mol. The first kappa shape index (κ1) is 13.5. The molecule has 0 spiro atoms. The molecule has 19 heavy (non-hydrogen) atoms. The van der Waals surface area contributed by atoms with Crippen LogP contribution in [0.4, 0.5) is 0 Å². The van der Waals surface area contributed by atoms with E-state index in [1.54, 1.807) is 12.1 Å². The second-order valence-electron chi connectivity index (χ2n) is 4.81. The fraction of sp³-hybridized carbons (Fsp3) is 0.294. The predicted molar refractivity (Wildman–Crippen MR) is 77.8 cm³/mol. The van der Waals surface area contributed by atoms with Gasteiger partial charge < -0.3 is 10.2 Å². The zero-order valence-electron chi connectivity index (χ0n) is 11.5. The van der Waals surface area contributed by atoms with Gasteiger partial charge in [0.05, 0.1) is 0 Å². The summed E-state index contributed by atoms with van der Waals surface area (Å²) in [6, 6.07) is 11.4. The molecule has 0 saturated carbocycles. The number of benzene rings is 2. The van der Waals surface area contributed by atoms with Crippen molar-refractivity contribution >= 4 is 0 Å². The highest BCUT2D eigenvalue weighted by Gasteiger charge is 2.08. The van der Waals surface area contributed by atoms with Gasteiger partial charge in [-0.05, 0) is 53.6 Å². The van der Waals surface area contributed by atoms with Crippen LogP contribution in [0.3, 0.4) is 0 Å². The quantitative estimate of drug-likeness (QED) is 0.873. The zero-order chi connectivity index (χ0) is 13.8. The smallest absolute Gasteiger partial charge is 0.121 e. The third-order valence-electron chi connectivity index (χ3n) is 3.43. The van der Waals surface area contributed by atoms with E-state index in [0.29, 0.717) is 5.75 Å². The van der Waals surface area contributed by atoms with Crippen molar-refractivity contribution in [3.63, 3.8) is 0 Å². The van der Waals surface area contributed by atoms with Crippen LogP contribution in [0.2, 0.25) is 0 Å². The van der Waals surface area contributed by atoms with Crippen LogP contribution in [0.5, 0.6) is 11.5 Å². The van der Waals surface area contributed by atoms with E-state index in [2.05, 4.69) is 26.0 Å². The molecule has 100 valence electrons. The van der Waals surface area contributed by atoms with Crippen molar-refractivity contribution in [3.05, 3.63) is 58.7 Å². The monoisotopic (exact) mass is 256 g/mol. The molecule has 0 bridgehead atoms. The van der Waals surface area contributed by atoms with Gasteiger partial charge in [0.1, 0.15) is 11.5 Å². The minimum absolute atomic E-state index is 0.290. The molecule has 0 unspecified atom stereocenters. The number of rotatable bonds is 4. The van der Waals surface area contributed by atoms with Crippen LogP contribution < -0.4 is 0 Å². The third kappa shape index (κ3) is 3.08. The molecular formula is C17H20O2. The Hall–Kier alpha value is -1.96. The summed E-state index contributed by atoms with van der Waals surface area (Å²) in [5, 5.41) is 19.4. The molecule has 0 heterocycles. The average Bonchev–Trinajstić information content (AvgIpc) is 2.43. The van der Waals surface area contributed by atoms with Gasteiger partial charge in [0, 0.05) is 0 Å². The third-order valence-corrected chi connectivity index (χ3v) is 3.43. The highest BCUT2D eigenvalue weighted by molar-refractivity contribution is 5.45.